The van der Waals surface area contributed by atoms with Crippen molar-refractivity contribution >= 4 is 28.8 Å². The van der Waals surface area contributed by atoms with Crippen molar-refractivity contribution in [2.75, 3.05) is 5.32 Å². The summed E-state index contributed by atoms with van der Waals surface area (Å²) in [5.41, 5.74) is -2.93. The van der Waals surface area contributed by atoms with Crippen LogP contribution in [0.2, 0.25) is 5.02 Å². The van der Waals surface area contributed by atoms with Crippen LogP contribution in [0, 0.1) is 11.6 Å². The molecule has 0 fully saturated rings. The van der Waals surface area contributed by atoms with E-state index in [-0.39, 0.29) is 11.5 Å². The monoisotopic (exact) mass is 442 g/mol. The molecule has 12 heteroatoms. The highest BCUT2D eigenvalue weighted by atomic mass is 35.5. The number of rotatable bonds is 3. The van der Waals surface area contributed by atoms with Crippen molar-refractivity contribution in [2.24, 2.45) is 0 Å². The molecule has 0 aliphatic heterocycles. The lowest BCUT2D eigenvalue weighted by atomic mass is 10.2. The Kier molecular flexibility index (Phi) is 4.69. The van der Waals surface area contributed by atoms with Gasteiger partial charge < -0.3 is 9.73 Å². The molecule has 0 atom stereocenters. The van der Waals surface area contributed by atoms with Gasteiger partial charge in [0, 0.05) is 6.07 Å². The van der Waals surface area contributed by atoms with Gasteiger partial charge in [0.2, 0.25) is 0 Å². The van der Waals surface area contributed by atoms with Crippen molar-refractivity contribution in [2.45, 2.75) is 6.18 Å². The summed E-state index contributed by atoms with van der Waals surface area (Å²) >= 11 is 6.08. The van der Waals surface area contributed by atoms with Crippen LogP contribution in [0.15, 0.2) is 47.1 Å². The third-order valence-corrected chi connectivity index (χ3v) is 4.34. The number of benzene rings is 1. The maximum absolute atomic E-state index is 13.8. The van der Waals surface area contributed by atoms with Crippen molar-refractivity contribution in [3.05, 3.63) is 70.7 Å². The zero-order chi connectivity index (χ0) is 21.6. The van der Waals surface area contributed by atoms with Crippen LogP contribution in [-0.4, -0.2) is 20.5 Å². The molecule has 0 aliphatic carbocycles. The number of halogens is 6. The first kappa shape index (κ1) is 19.8. The van der Waals surface area contributed by atoms with Crippen molar-refractivity contribution in [3.8, 4) is 11.5 Å². The van der Waals surface area contributed by atoms with Gasteiger partial charge in [-0.2, -0.15) is 18.3 Å². The van der Waals surface area contributed by atoms with E-state index < -0.39 is 51.5 Å². The molecule has 30 heavy (non-hydrogen) atoms. The maximum atomic E-state index is 13.8. The van der Waals surface area contributed by atoms with Gasteiger partial charge in [0.1, 0.15) is 22.4 Å². The highest BCUT2D eigenvalue weighted by Gasteiger charge is 2.37. The number of nitrogens with zero attached hydrogens (tertiary/aromatic N) is 3. The first-order valence-electron chi connectivity index (χ1n) is 8.12. The summed E-state index contributed by atoms with van der Waals surface area (Å²) in [4.78, 5) is 16.5. The first-order valence-corrected chi connectivity index (χ1v) is 8.49. The normalized spacial score (nSPS) is 11.8. The molecule has 0 aliphatic rings. The van der Waals surface area contributed by atoms with Crippen molar-refractivity contribution < 1.29 is 31.2 Å². The number of furan rings is 1. The van der Waals surface area contributed by atoms with Crippen LogP contribution in [0.25, 0.3) is 17.1 Å². The summed E-state index contributed by atoms with van der Waals surface area (Å²) in [7, 11) is 0. The first-order chi connectivity index (χ1) is 14.1. The van der Waals surface area contributed by atoms with Crippen LogP contribution >= 0.6 is 11.6 Å². The Bertz CT molecular complexity index is 1270. The summed E-state index contributed by atoms with van der Waals surface area (Å²) in [6.45, 7) is 0. The van der Waals surface area contributed by atoms with E-state index in [0.29, 0.717) is 16.6 Å². The fourth-order valence-electron chi connectivity index (χ4n) is 2.66. The van der Waals surface area contributed by atoms with Gasteiger partial charge in [-0.25, -0.2) is 18.3 Å². The Labute approximate surface area is 168 Å². The van der Waals surface area contributed by atoms with Crippen molar-refractivity contribution in [1.82, 2.24) is 14.6 Å². The van der Waals surface area contributed by atoms with Gasteiger partial charge in [-0.1, -0.05) is 11.6 Å². The molecule has 3 heterocycles. The lowest BCUT2D eigenvalue weighted by molar-refractivity contribution is -0.142. The molecule has 0 unspecified atom stereocenters. The molecular formula is C18H8ClF5N4O2. The predicted molar refractivity (Wildman–Crippen MR) is 95.0 cm³/mol. The third-order valence-electron chi connectivity index (χ3n) is 3.99. The number of carbonyl (C=O) groups excluding carboxylic acids is 1. The average Bonchev–Trinajstić information content (AvgIpc) is 3.31. The van der Waals surface area contributed by atoms with E-state index in [1.807, 2.05) is 0 Å². The third kappa shape index (κ3) is 3.47. The smallest absolute Gasteiger partial charge is 0.433 e. The van der Waals surface area contributed by atoms with Crippen LogP contribution < -0.4 is 5.32 Å². The Morgan fingerprint density at radius 2 is 1.93 bits per heavy atom. The predicted octanol–water partition coefficient (Wildman–Crippen LogP) is 5.19. The van der Waals surface area contributed by atoms with E-state index in [2.05, 4.69) is 15.4 Å². The molecular weight excluding hydrogens is 435 g/mol. The second kappa shape index (κ2) is 7.10. The minimum atomic E-state index is -4.87. The molecule has 0 saturated heterocycles. The fourth-order valence-corrected chi connectivity index (χ4v) is 2.91. The van der Waals surface area contributed by atoms with Crippen molar-refractivity contribution in [1.29, 1.82) is 0 Å². The highest BCUT2D eigenvalue weighted by Crippen LogP contribution is 2.34. The molecule has 1 N–H and O–H groups in total. The van der Waals surface area contributed by atoms with E-state index in [1.54, 1.807) is 0 Å². The zero-order valence-electron chi connectivity index (χ0n) is 14.5. The number of anilines is 1. The molecule has 1 aromatic carbocycles. The zero-order valence-corrected chi connectivity index (χ0v) is 15.2. The number of hydrogen-bond donors (Lipinski definition) is 1. The minimum absolute atomic E-state index is 0.0413. The topological polar surface area (TPSA) is 72.4 Å². The lowest BCUT2D eigenvalue weighted by Crippen LogP contribution is -2.16. The molecule has 3 aromatic heterocycles. The lowest BCUT2D eigenvalue weighted by Gasteiger charge is -2.09. The Morgan fingerprint density at radius 3 is 2.57 bits per heavy atom. The quantitative estimate of drug-likeness (QED) is 0.443. The number of aromatic nitrogens is 3. The number of nitrogens with one attached hydrogen (secondary N) is 1. The van der Waals surface area contributed by atoms with E-state index in [0.717, 1.165) is 12.1 Å². The summed E-state index contributed by atoms with van der Waals surface area (Å²) < 4.78 is 72.9. The second-order valence-corrected chi connectivity index (χ2v) is 6.36. The van der Waals surface area contributed by atoms with Crippen LogP contribution in [0.1, 0.15) is 16.2 Å². The molecule has 1 amide bonds. The highest BCUT2D eigenvalue weighted by molar-refractivity contribution is 6.37. The van der Waals surface area contributed by atoms with E-state index in [1.165, 1.54) is 18.4 Å². The minimum Gasteiger partial charge on any atom is -0.463 e. The molecule has 4 aromatic rings. The van der Waals surface area contributed by atoms with Gasteiger partial charge in [-0.3, -0.25) is 4.79 Å². The van der Waals surface area contributed by atoms with E-state index >= 15 is 0 Å². The second-order valence-electron chi connectivity index (χ2n) is 5.98. The fraction of sp³-hybridized carbons (Fsp3) is 0.0556. The molecule has 0 saturated carbocycles. The SMILES string of the molecule is O=C(Nc1ccc(F)cc1F)c1nn2c(C(F)(F)F)cc(-c3ccco3)nc2c1Cl. The molecule has 0 radical (unpaired) electrons. The largest absolute Gasteiger partial charge is 0.463 e. The van der Waals surface area contributed by atoms with Gasteiger partial charge in [-0.05, 0) is 30.3 Å². The Balaban J connectivity index is 1.84. The molecule has 6 nitrogen and oxygen atoms in total. The summed E-state index contributed by atoms with van der Waals surface area (Å²) in [5.74, 6) is -3.03. The number of alkyl halides is 3. The molecule has 154 valence electrons. The number of amides is 1. The van der Waals surface area contributed by atoms with Gasteiger partial charge in [-0.15, -0.1) is 0 Å². The molecule has 4 rings (SSSR count). The number of fused-ring (bicyclic) bond motifs is 1. The number of hydrogen-bond acceptors (Lipinski definition) is 4. The molecule has 0 spiro atoms. The van der Waals surface area contributed by atoms with Gasteiger partial charge in [0.05, 0.1) is 12.0 Å². The van der Waals surface area contributed by atoms with Crippen LogP contribution in [-0.2, 0) is 6.18 Å². The van der Waals surface area contributed by atoms with Gasteiger partial charge >= 0.3 is 6.18 Å². The van der Waals surface area contributed by atoms with Gasteiger partial charge in [0.15, 0.2) is 22.8 Å². The number of carbonyl (C=O) groups is 1. The maximum Gasteiger partial charge on any atom is 0.433 e. The van der Waals surface area contributed by atoms with E-state index in [9.17, 15) is 26.7 Å². The summed E-state index contributed by atoms with van der Waals surface area (Å²) in [6.07, 6.45) is -3.61. The van der Waals surface area contributed by atoms with Crippen LogP contribution in [0.5, 0.6) is 0 Å². The average molecular weight is 443 g/mol. The summed E-state index contributed by atoms with van der Waals surface area (Å²) in [5, 5.41) is 5.20. The van der Waals surface area contributed by atoms with Crippen LogP contribution in [0.4, 0.5) is 27.6 Å². The Hall–Kier alpha value is -3.47. The summed E-state index contributed by atoms with van der Waals surface area (Å²) in [6, 6.07) is 5.91. The van der Waals surface area contributed by atoms with E-state index in [4.69, 9.17) is 16.0 Å². The Morgan fingerprint density at radius 1 is 1.17 bits per heavy atom. The van der Waals surface area contributed by atoms with Gasteiger partial charge in [0.25, 0.3) is 5.91 Å². The molecule has 0 bridgehead atoms. The standard InChI is InChI=1S/C18H8ClF5N4O2/c19-14-15(17(29)26-10-4-3-8(20)6-9(10)21)27-28-13(18(22,23)24)7-11(25-16(14)28)12-2-1-5-30-12/h1-7H,(H,26,29). The van der Waals surface area contributed by atoms with Crippen molar-refractivity contribution in [3.63, 3.8) is 0 Å². The van der Waals surface area contributed by atoms with Crippen LogP contribution in [0.3, 0.4) is 0 Å².